The molecule has 2 rings (SSSR count). The van der Waals surface area contributed by atoms with Crippen LogP contribution in [-0.4, -0.2) is 48.2 Å². The first-order valence-corrected chi connectivity index (χ1v) is 13.1. The van der Waals surface area contributed by atoms with E-state index in [0.717, 1.165) is 44.3 Å². The van der Waals surface area contributed by atoms with Gasteiger partial charge in [0.2, 0.25) is 5.76 Å². The monoisotopic (exact) mass is 492 g/mol. The van der Waals surface area contributed by atoms with Gasteiger partial charge in [0, 0.05) is 31.1 Å². The highest BCUT2D eigenvalue weighted by Gasteiger charge is 2.38. The summed E-state index contributed by atoms with van der Waals surface area (Å²) in [5.41, 5.74) is 0.853. The Kier molecular flexibility index (Phi) is 11.4. The summed E-state index contributed by atoms with van der Waals surface area (Å²) in [5.74, 6) is -0.405. The number of hydrogen-bond acceptors (Lipinski definition) is 7. The molecule has 1 heterocycles. The SMILES string of the molecule is CCCCOCCC[C@@H](CC(=O)OC(C)(C)C)c1noc(C(=O)NCC(=O)CC(C)C)c1C1CC1. The molecule has 8 nitrogen and oxygen atoms in total. The molecule has 0 bridgehead atoms. The van der Waals surface area contributed by atoms with E-state index in [4.69, 9.17) is 14.0 Å². The first kappa shape index (κ1) is 29.0. The second-order valence-corrected chi connectivity index (χ2v) is 11.0. The molecule has 1 atom stereocenters. The van der Waals surface area contributed by atoms with Gasteiger partial charge < -0.3 is 19.3 Å². The number of amides is 1. The van der Waals surface area contributed by atoms with Crippen LogP contribution in [0.5, 0.6) is 0 Å². The molecule has 1 amide bonds. The predicted octanol–water partition coefficient (Wildman–Crippen LogP) is 5.31. The first-order chi connectivity index (χ1) is 16.5. The van der Waals surface area contributed by atoms with Crippen LogP contribution in [0, 0.1) is 5.92 Å². The number of rotatable bonds is 16. The van der Waals surface area contributed by atoms with E-state index < -0.39 is 11.5 Å². The number of carbonyl (C=O) groups excluding carboxylic acids is 3. The fraction of sp³-hybridized carbons (Fsp3) is 0.778. The molecule has 0 radical (unpaired) electrons. The normalized spacial score (nSPS) is 14.7. The number of nitrogens with one attached hydrogen (secondary N) is 1. The van der Waals surface area contributed by atoms with Crippen LogP contribution in [0.25, 0.3) is 0 Å². The molecule has 1 aliphatic rings. The average molecular weight is 493 g/mol. The molecule has 1 aliphatic carbocycles. The minimum atomic E-state index is -0.582. The van der Waals surface area contributed by atoms with Crippen LogP contribution in [0.2, 0.25) is 0 Å². The highest BCUT2D eigenvalue weighted by atomic mass is 16.6. The van der Waals surface area contributed by atoms with Crippen LogP contribution >= 0.6 is 0 Å². The number of ketones is 1. The van der Waals surface area contributed by atoms with Crippen molar-refractivity contribution < 1.29 is 28.4 Å². The summed E-state index contributed by atoms with van der Waals surface area (Å²) >= 11 is 0. The number of nitrogens with zero attached hydrogens (tertiary/aromatic N) is 1. The molecule has 0 aromatic carbocycles. The van der Waals surface area contributed by atoms with E-state index in [1.54, 1.807) is 0 Å². The predicted molar refractivity (Wildman–Crippen MR) is 133 cm³/mol. The number of ether oxygens (including phenoxy) is 2. The van der Waals surface area contributed by atoms with Crippen molar-refractivity contribution in [3.63, 3.8) is 0 Å². The zero-order valence-electron chi connectivity index (χ0n) is 22.4. The van der Waals surface area contributed by atoms with Crippen molar-refractivity contribution in [3.05, 3.63) is 17.0 Å². The number of aromatic nitrogens is 1. The van der Waals surface area contributed by atoms with E-state index in [0.29, 0.717) is 25.1 Å². The van der Waals surface area contributed by atoms with Gasteiger partial charge in [-0.2, -0.15) is 0 Å². The Bertz CT molecular complexity index is 835. The van der Waals surface area contributed by atoms with Crippen molar-refractivity contribution in [2.24, 2.45) is 5.92 Å². The third kappa shape index (κ3) is 10.5. The Hall–Kier alpha value is -2.22. The summed E-state index contributed by atoms with van der Waals surface area (Å²) in [7, 11) is 0. The van der Waals surface area contributed by atoms with Gasteiger partial charge in [0.25, 0.3) is 5.91 Å². The van der Waals surface area contributed by atoms with Crippen molar-refractivity contribution in [1.29, 1.82) is 0 Å². The lowest BCUT2D eigenvalue weighted by Crippen LogP contribution is -2.30. The lowest BCUT2D eigenvalue weighted by atomic mass is 9.90. The molecule has 0 unspecified atom stereocenters. The zero-order chi connectivity index (χ0) is 26.0. The molecule has 1 saturated carbocycles. The molecule has 0 spiro atoms. The Morgan fingerprint density at radius 3 is 2.40 bits per heavy atom. The third-order valence-corrected chi connectivity index (χ3v) is 5.73. The molecule has 198 valence electrons. The maximum atomic E-state index is 12.9. The Balaban J connectivity index is 2.16. The van der Waals surface area contributed by atoms with E-state index in [9.17, 15) is 14.4 Å². The van der Waals surface area contributed by atoms with Crippen LogP contribution in [-0.2, 0) is 19.1 Å². The topological polar surface area (TPSA) is 108 Å². The summed E-state index contributed by atoms with van der Waals surface area (Å²) in [6, 6.07) is 0. The van der Waals surface area contributed by atoms with Gasteiger partial charge in [0.1, 0.15) is 5.60 Å². The second-order valence-electron chi connectivity index (χ2n) is 11.0. The van der Waals surface area contributed by atoms with Crippen molar-refractivity contribution in [1.82, 2.24) is 10.5 Å². The van der Waals surface area contributed by atoms with Crippen molar-refractivity contribution in [2.45, 2.75) is 110 Å². The van der Waals surface area contributed by atoms with Gasteiger partial charge in [-0.15, -0.1) is 0 Å². The number of carbonyl (C=O) groups is 3. The molecule has 8 heteroatoms. The van der Waals surface area contributed by atoms with E-state index >= 15 is 0 Å². The van der Waals surface area contributed by atoms with Crippen molar-refractivity contribution >= 4 is 17.7 Å². The lowest BCUT2D eigenvalue weighted by molar-refractivity contribution is -0.155. The fourth-order valence-corrected chi connectivity index (χ4v) is 4.02. The van der Waals surface area contributed by atoms with Gasteiger partial charge in [0.05, 0.1) is 18.7 Å². The average Bonchev–Trinajstić information content (AvgIpc) is 3.49. The third-order valence-electron chi connectivity index (χ3n) is 5.73. The number of hydrogen-bond donors (Lipinski definition) is 1. The Morgan fingerprint density at radius 2 is 1.80 bits per heavy atom. The Labute approximate surface area is 209 Å². The van der Waals surface area contributed by atoms with Gasteiger partial charge in [-0.3, -0.25) is 14.4 Å². The minimum absolute atomic E-state index is 0.0214. The van der Waals surface area contributed by atoms with E-state index in [1.807, 2.05) is 34.6 Å². The molecule has 1 aromatic heterocycles. The van der Waals surface area contributed by atoms with Crippen LogP contribution in [0.1, 0.15) is 127 Å². The van der Waals surface area contributed by atoms with E-state index in [1.165, 1.54) is 0 Å². The number of Topliss-reactive ketones (excluding diaryl/α,β-unsaturated/α-hetero) is 1. The summed E-state index contributed by atoms with van der Waals surface area (Å²) in [6.07, 6.45) is 6.00. The Morgan fingerprint density at radius 1 is 1.11 bits per heavy atom. The van der Waals surface area contributed by atoms with Gasteiger partial charge >= 0.3 is 5.97 Å². The molecular formula is C27H44N2O6. The fourth-order valence-electron chi connectivity index (χ4n) is 4.02. The molecule has 1 fully saturated rings. The highest BCUT2D eigenvalue weighted by molar-refractivity contribution is 5.96. The van der Waals surface area contributed by atoms with Gasteiger partial charge in [-0.25, -0.2) is 0 Å². The molecule has 0 aliphatic heterocycles. The number of esters is 1. The molecule has 0 saturated heterocycles. The minimum Gasteiger partial charge on any atom is -0.460 e. The first-order valence-electron chi connectivity index (χ1n) is 13.1. The van der Waals surface area contributed by atoms with Crippen molar-refractivity contribution in [2.75, 3.05) is 19.8 Å². The highest BCUT2D eigenvalue weighted by Crippen LogP contribution is 2.46. The van der Waals surface area contributed by atoms with E-state index in [2.05, 4.69) is 17.4 Å². The van der Waals surface area contributed by atoms with E-state index in [-0.39, 0.29) is 48.2 Å². The maximum absolute atomic E-state index is 12.9. The van der Waals surface area contributed by atoms with Gasteiger partial charge in [0.15, 0.2) is 5.78 Å². The summed E-state index contributed by atoms with van der Waals surface area (Å²) in [4.78, 5) is 37.6. The second kappa shape index (κ2) is 13.8. The smallest absolute Gasteiger partial charge is 0.306 e. The van der Waals surface area contributed by atoms with Crippen molar-refractivity contribution in [3.8, 4) is 0 Å². The summed E-state index contributed by atoms with van der Waals surface area (Å²) in [5, 5.41) is 6.97. The molecule has 1 aromatic rings. The van der Waals surface area contributed by atoms with Crippen LogP contribution in [0.4, 0.5) is 0 Å². The molecule has 1 N–H and O–H groups in total. The summed E-state index contributed by atoms with van der Waals surface area (Å²) in [6.45, 7) is 12.9. The molecular weight excluding hydrogens is 448 g/mol. The maximum Gasteiger partial charge on any atom is 0.306 e. The zero-order valence-corrected chi connectivity index (χ0v) is 22.4. The quantitative estimate of drug-likeness (QED) is 0.246. The summed E-state index contributed by atoms with van der Waals surface area (Å²) < 4.78 is 16.8. The van der Waals surface area contributed by atoms with Crippen LogP contribution in [0.3, 0.4) is 0 Å². The molecule has 35 heavy (non-hydrogen) atoms. The number of unbranched alkanes of at least 4 members (excludes halogenated alkanes) is 1. The van der Waals surface area contributed by atoms with Crippen LogP contribution in [0.15, 0.2) is 4.52 Å². The van der Waals surface area contributed by atoms with Crippen LogP contribution < -0.4 is 5.32 Å². The standard InChI is InChI=1S/C27H44N2O6/c1-7-8-13-33-14-9-10-20(16-22(31)34-27(4,5)6)24-23(19-11-12-19)25(35-29-24)26(32)28-17-21(30)15-18(2)3/h18-20H,7-17H2,1-6H3,(H,28,32)/t20-/m0/s1. The lowest BCUT2D eigenvalue weighted by Gasteiger charge is -2.22. The van der Waals surface area contributed by atoms with Gasteiger partial charge in [-0.05, 0) is 64.7 Å². The van der Waals surface area contributed by atoms with Gasteiger partial charge in [-0.1, -0.05) is 32.3 Å². The largest absolute Gasteiger partial charge is 0.460 e.